The van der Waals surface area contributed by atoms with Gasteiger partial charge in [0.25, 0.3) is 0 Å². The van der Waals surface area contributed by atoms with Crippen LogP contribution in [0.5, 0.6) is 0 Å². The van der Waals surface area contributed by atoms with Crippen molar-refractivity contribution in [2.75, 3.05) is 19.6 Å². The first kappa shape index (κ1) is 28.3. The quantitative estimate of drug-likeness (QED) is 0.418. The molecule has 37 heavy (non-hydrogen) atoms. The lowest BCUT2D eigenvalue weighted by atomic mass is 10.0. The number of amides is 3. The third kappa shape index (κ3) is 8.10. The van der Waals surface area contributed by atoms with Crippen molar-refractivity contribution in [3.8, 4) is 0 Å². The molecule has 1 aromatic heterocycles. The maximum Gasteiger partial charge on any atom is 0.407 e. The summed E-state index contributed by atoms with van der Waals surface area (Å²) in [5, 5.41) is 5.60. The first-order chi connectivity index (χ1) is 17.6. The Morgan fingerprint density at radius 2 is 1.81 bits per heavy atom. The van der Waals surface area contributed by atoms with Crippen LogP contribution in [0.2, 0.25) is 0 Å². The molecule has 1 aromatic carbocycles. The third-order valence-corrected chi connectivity index (χ3v) is 6.56. The van der Waals surface area contributed by atoms with E-state index in [1.54, 1.807) is 9.47 Å². The van der Waals surface area contributed by atoms with E-state index in [0.29, 0.717) is 51.7 Å². The zero-order chi connectivity index (χ0) is 27.0. The maximum absolute atomic E-state index is 13.1. The van der Waals surface area contributed by atoms with Crippen LogP contribution in [0, 0.1) is 0 Å². The standard InChI is InChI=1S/C27H41N5O5/c1-5-20(29-23(33)13-7-6-10-16-28-26(36)37-27(2,3)4)24(34)31-17-14-19(15-18-31)32-22-12-9-8-11-21(22)30-25(32)35/h8-9,11-12,19-20H,5-7,10,13-18H2,1-4H3,(H,28,36)(H,29,33)(H,30,35). The fraction of sp³-hybridized carbons (Fsp3) is 0.630. The van der Waals surface area contributed by atoms with Crippen LogP contribution in [-0.2, 0) is 14.3 Å². The first-order valence-corrected chi connectivity index (χ1v) is 13.3. The molecule has 3 rings (SSSR count). The molecule has 0 bridgehead atoms. The van der Waals surface area contributed by atoms with Gasteiger partial charge in [-0.1, -0.05) is 25.5 Å². The van der Waals surface area contributed by atoms with E-state index < -0.39 is 17.7 Å². The predicted molar refractivity (Wildman–Crippen MR) is 142 cm³/mol. The molecule has 1 aliphatic heterocycles. The minimum Gasteiger partial charge on any atom is -0.444 e. The fourth-order valence-corrected chi connectivity index (χ4v) is 4.70. The van der Waals surface area contributed by atoms with Crippen LogP contribution in [0.15, 0.2) is 29.1 Å². The number of ether oxygens (including phenoxy) is 1. The van der Waals surface area contributed by atoms with Crippen molar-refractivity contribution in [2.24, 2.45) is 0 Å². The van der Waals surface area contributed by atoms with Crippen molar-refractivity contribution >= 4 is 28.9 Å². The smallest absolute Gasteiger partial charge is 0.407 e. The van der Waals surface area contributed by atoms with Gasteiger partial charge in [-0.2, -0.15) is 0 Å². The van der Waals surface area contributed by atoms with E-state index in [4.69, 9.17) is 4.74 Å². The number of fused-ring (bicyclic) bond motifs is 1. The van der Waals surface area contributed by atoms with E-state index in [2.05, 4.69) is 15.6 Å². The lowest BCUT2D eigenvalue weighted by molar-refractivity contribution is -0.137. The SMILES string of the molecule is CCC(NC(=O)CCCCCNC(=O)OC(C)(C)C)C(=O)N1CCC(n2c(=O)[nH]c3ccccc32)CC1. The Morgan fingerprint density at radius 1 is 1.11 bits per heavy atom. The summed E-state index contributed by atoms with van der Waals surface area (Å²) in [6.45, 7) is 8.93. The number of nitrogens with zero attached hydrogens (tertiary/aromatic N) is 2. The van der Waals surface area contributed by atoms with E-state index in [9.17, 15) is 19.2 Å². The summed E-state index contributed by atoms with van der Waals surface area (Å²) < 4.78 is 7.00. The average molecular weight is 516 g/mol. The largest absolute Gasteiger partial charge is 0.444 e. The molecule has 3 N–H and O–H groups in total. The van der Waals surface area contributed by atoms with Gasteiger partial charge in [0.1, 0.15) is 11.6 Å². The number of H-pyrrole nitrogens is 1. The average Bonchev–Trinajstić information content (AvgIpc) is 3.18. The number of piperidine rings is 1. The minimum absolute atomic E-state index is 0.0344. The third-order valence-electron chi connectivity index (χ3n) is 6.56. The maximum atomic E-state index is 13.1. The zero-order valence-electron chi connectivity index (χ0n) is 22.5. The second-order valence-electron chi connectivity index (χ2n) is 10.6. The van der Waals surface area contributed by atoms with Gasteiger partial charge in [-0.3, -0.25) is 14.2 Å². The lowest BCUT2D eigenvalue weighted by Crippen LogP contribution is -2.50. The molecule has 0 radical (unpaired) electrons. The number of hydrogen-bond acceptors (Lipinski definition) is 5. The summed E-state index contributed by atoms with van der Waals surface area (Å²) in [5.41, 5.74) is 1.06. The molecule has 0 spiro atoms. The molecule has 1 saturated heterocycles. The number of carbonyl (C=O) groups excluding carboxylic acids is 3. The number of nitrogens with one attached hydrogen (secondary N) is 3. The molecule has 3 amide bonds. The summed E-state index contributed by atoms with van der Waals surface area (Å²) in [6, 6.07) is 7.13. The van der Waals surface area contributed by atoms with Gasteiger partial charge >= 0.3 is 11.8 Å². The number of alkyl carbamates (subject to hydrolysis) is 1. The summed E-state index contributed by atoms with van der Waals surface area (Å²) >= 11 is 0. The number of benzene rings is 1. The molecule has 2 heterocycles. The zero-order valence-corrected chi connectivity index (χ0v) is 22.5. The van der Waals surface area contributed by atoms with Crippen LogP contribution in [0.3, 0.4) is 0 Å². The molecular weight excluding hydrogens is 474 g/mol. The Hall–Kier alpha value is -3.30. The van der Waals surface area contributed by atoms with Crippen LogP contribution in [0.1, 0.15) is 78.7 Å². The summed E-state index contributed by atoms with van der Waals surface area (Å²) in [4.78, 5) is 54.4. The van der Waals surface area contributed by atoms with Gasteiger partial charge in [0.05, 0.1) is 11.0 Å². The highest BCUT2D eigenvalue weighted by Gasteiger charge is 2.30. The van der Waals surface area contributed by atoms with Gasteiger partial charge in [0.15, 0.2) is 0 Å². The second-order valence-corrected chi connectivity index (χ2v) is 10.6. The number of aromatic nitrogens is 2. The molecule has 1 atom stereocenters. The van der Waals surface area contributed by atoms with Crippen LogP contribution in [-0.4, -0.2) is 63.6 Å². The predicted octanol–water partition coefficient (Wildman–Crippen LogP) is 3.47. The van der Waals surface area contributed by atoms with Crippen molar-refractivity contribution in [3.63, 3.8) is 0 Å². The molecule has 1 aliphatic rings. The van der Waals surface area contributed by atoms with Crippen LogP contribution < -0.4 is 16.3 Å². The summed E-state index contributed by atoms with van der Waals surface area (Å²) in [6.07, 6.45) is 4.01. The number of unbranched alkanes of at least 4 members (excludes halogenated alkanes) is 2. The number of rotatable bonds is 10. The van der Waals surface area contributed by atoms with Crippen molar-refractivity contribution in [2.45, 2.75) is 90.3 Å². The number of hydrogen-bond donors (Lipinski definition) is 3. The topological polar surface area (TPSA) is 126 Å². The normalized spacial score (nSPS) is 15.4. The number of para-hydroxylation sites is 2. The van der Waals surface area contributed by atoms with Gasteiger partial charge in [-0.05, 0) is 65.0 Å². The molecule has 0 aliphatic carbocycles. The van der Waals surface area contributed by atoms with E-state index in [-0.39, 0.29) is 23.5 Å². The van der Waals surface area contributed by atoms with Crippen LogP contribution in [0.25, 0.3) is 11.0 Å². The van der Waals surface area contributed by atoms with Gasteiger partial charge in [0.2, 0.25) is 11.8 Å². The molecule has 10 nitrogen and oxygen atoms in total. The number of imidazole rings is 1. The monoisotopic (exact) mass is 515 g/mol. The molecule has 0 saturated carbocycles. The molecule has 204 valence electrons. The molecule has 2 aromatic rings. The van der Waals surface area contributed by atoms with Gasteiger partial charge in [0, 0.05) is 32.1 Å². The van der Waals surface area contributed by atoms with Gasteiger partial charge in [-0.15, -0.1) is 0 Å². The van der Waals surface area contributed by atoms with Gasteiger partial charge < -0.3 is 25.3 Å². The van der Waals surface area contributed by atoms with Crippen LogP contribution in [0.4, 0.5) is 4.79 Å². The highest BCUT2D eigenvalue weighted by atomic mass is 16.6. The first-order valence-electron chi connectivity index (χ1n) is 13.3. The second kappa shape index (κ2) is 12.8. The number of carbonyl (C=O) groups is 3. The molecule has 1 unspecified atom stereocenters. The Balaban J connectivity index is 1.38. The summed E-state index contributed by atoms with van der Waals surface area (Å²) in [5.74, 6) is -0.206. The van der Waals surface area contributed by atoms with Crippen molar-refractivity contribution in [1.29, 1.82) is 0 Å². The van der Waals surface area contributed by atoms with E-state index in [0.717, 1.165) is 23.9 Å². The lowest BCUT2D eigenvalue weighted by Gasteiger charge is -2.34. The Kier molecular flexibility index (Phi) is 9.77. The van der Waals surface area contributed by atoms with Crippen molar-refractivity contribution < 1.29 is 19.1 Å². The van der Waals surface area contributed by atoms with E-state index >= 15 is 0 Å². The van der Waals surface area contributed by atoms with Crippen LogP contribution >= 0.6 is 0 Å². The molecule has 1 fully saturated rings. The Bertz CT molecular complexity index is 1120. The Labute approximate surface area is 218 Å². The summed E-state index contributed by atoms with van der Waals surface area (Å²) in [7, 11) is 0. The molecule has 10 heteroatoms. The number of likely N-dealkylation sites (tertiary alicyclic amines) is 1. The minimum atomic E-state index is -0.548. The fourth-order valence-electron chi connectivity index (χ4n) is 4.70. The van der Waals surface area contributed by atoms with Gasteiger partial charge in [-0.25, -0.2) is 9.59 Å². The highest BCUT2D eigenvalue weighted by Crippen LogP contribution is 2.25. The van der Waals surface area contributed by atoms with Crippen molar-refractivity contribution in [1.82, 2.24) is 25.1 Å². The number of aromatic amines is 1. The highest BCUT2D eigenvalue weighted by molar-refractivity contribution is 5.87. The molecular formula is C27H41N5O5. The van der Waals surface area contributed by atoms with E-state index in [1.807, 2.05) is 52.0 Å². The van der Waals surface area contributed by atoms with Crippen molar-refractivity contribution in [3.05, 3.63) is 34.7 Å². The Morgan fingerprint density at radius 3 is 2.49 bits per heavy atom. The van der Waals surface area contributed by atoms with E-state index in [1.165, 1.54) is 0 Å².